The van der Waals surface area contributed by atoms with Crippen molar-refractivity contribution in [1.82, 2.24) is 20.4 Å². The number of carbonyl (C=O) groups is 1. The molecule has 2 rings (SSSR count). The summed E-state index contributed by atoms with van der Waals surface area (Å²) in [5.41, 5.74) is 0.301. The summed E-state index contributed by atoms with van der Waals surface area (Å²) in [6, 6.07) is 5.18. The summed E-state index contributed by atoms with van der Waals surface area (Å²) in [5, 5.41) is 19.7. The molecule has 1 atom stereocenters. The molecule has 7 heteroatoms. The third kappa shape index (κ3) is 5.07. The van der Waals surface area contributed by atoms with E-state index in [9.17, 15) is 14.3 Å². The molecular weight excluding hydrogens is 299 g/mol. The first-order chi connectivity index (χ1) is 10.9. The van der Waals surface area contributed by atoms with Gasteiger partial charge in [0.2, 0.25) is 0 Å². The molecule has 1 aromatic heterocycles. The van der Waals surface area contributed by atoms with E-state index in [2.05, 4.69) is 15.7 Å². The molecule has 0 fully saturated rings. The highest BCUT2D eigenvalue weighted by Gasteiger charge is 2.23. The van der Waals surface area contributed by atoms with E-state index in [-0.39, 0.29) is 18.4 Å². The number of aryl methyl sites for hydroxylation is 1. The van der Waals surface area contributed by atoms with Crippen molar-refractivity contribution in [2.24, 2.45) is 7.05 Å². The van der Waals surface area contributed by atoms with Crippen LogP contribution in [0, 0.1) is 5.82 Å². The first-order valence-corrected chi connectivity index (χ1v) is 7.34. The molecule has 0 radical (unpaired) electrons. The lowest BCUT2D eigenvalue weighted by Crippen LogP contribution is -2.43. The lowest BCUT2D eigenvalue weighted by molar-refractivity contribution is 0.0593. The second-order valence-electron chi connectivity index (χ2n) is 5.66. The van der Waals surface area contributed by atoms with E-state index in [1.807, 2.05) is 13.2 Å². The molecule has 0 bridgehead atoms. The molecule has 3 N–H and O–H groups in total. The number of nitrogens with one attached hydrogen (secondary N) is 2. The van der Waals surface area contributed by atoms with Gasteiger partial charge in [-0.25, -0.2) is 9.18 Å². The Hall–Kier alpha value is -2.41. The van der Waals surface area contributed by atoms with Crippen LogP contribution in [0.3, 0.4) is 0 Å². The minimum absolute atomic E-state index is 0.0252. The fraction of sp³-hybridized carbons (Fsp3) is 0.375. The fourth-order valence-electron chi connectivity index (χ4n) is 2.15. The van der Waals surface area contributed by atoms with E-state index in [4.69, 9.17) is 0 Å². The molecule has 0 spiro atoms. The lowest BCUT2D eigenvalue weighted by atomic mass is 9.96. The first kappa shape index (κ1) is 17.0. The third-order valence-electron chi connectivity index (χ3n) is 3.52. The number of amides is 2. The Morgan fingerprint density at radius 2 is 2.04 bits per heavy atom. The molecule has 1 heterocycles. The summed E-state index contributed by atoms with van der Waals surface area (Å²) in [6.45, 7) is 2.06. The van der Waals surface area contributed by atoms with Crippen LogP contribution >= 0.6 is 0 Å². The van der Waals surface area contributed by atoms with Gasteiger partial charge in [-0.05, 0) is 36.6 Å². The maximum Gasteiger partial charge on any atom is 0.314 e. The molecule has 2 aromatic rings. The molecule has 0 aliphatic rings. The average molecular weight is 320 g/mol. The van der Waals surface area contributed by atoms with E-state index >= 15 is 0 Å². The number of benzene rings is 1. The van der Waals surface area contributed by atoms with Crippen molar-refractivity contribution in [3.05, 3.63) is 53.6 Å². The van der Waals surface area contributed by atoms with Crippen LogP contribution in [0.4, 0.5) is 9.18 Å². The van der Waals surface area contributed by atoms with Gasteiger partial charge in [-0.2, -0.15) is 5.10 Å². The molecule has 0 saturated carbocycles. The van der Waals surface area contributed by atoms with Gasteiger partial charge in [0, 0.05) is 19.8 Å². The summed E-state index contributed by atoms with van der Waals surface area (Å²) in [5.74, 6) is -0.370. The lowest BCUT2D eigenvalue weighted by Gasteiger charge is -2.24. The van der Waals surface area contributed by atoms with Crippen LogP contribution in [0.1, 0.15) is 18.1 Å². The predicted octanol–water partition coefficient (Wildman–Crippen LogP) is 1.31. The Balaban J connectivity index is 1.75. The number of nitrogens with zero attached hydrogens (tertiary/aromatic N) is 2. The quantitative estimate of drug-likeness (QED) is 0.751. The number of halogens is 1. The average Bonchev–Trinajstić information content (AvgIpc) is 2.91. The Kier molecular flexibility index (Phi) is 5.33. The third-order valence-corrected chi connectivity index (χ3v) is 3.52. The topological polar surface area (TPSA) is 79.2 Å². The van der Waals surface area contributed by atoms with Crippen LogP contribution in [0.15, 0.2) is 36.7 Å². The zero-order chi connectivity index (χ0) is 16.9. The van der Waals surface area contributed by atoms with Gasteiger partial charge < -0.3 is 15.7 Å². The van der Waals surface area contributed by atoms with Crippen LogP contribution in [-0.4, -0.2) is 34.0 Å². The largest absolute Gasteiger partial charge is 0.384 e. The molecule has 6 nitrogen and oxygen atoms in total. The van der Waals surface area contributed by atoms with Crippen molar-refractivity contribution in [2.45, 2.75) is 18.9 Å². The van der Waals surface area contributed by atoms with Crippen LogP contribution in [0.25, 0.3) is 0 Å². The number of aliphatic hydroxyl groups is 1. The van der Waals surface area contributed by atoms with Crippen molar-refractivity contribution < 1.29 is 14.3 Å². The van der Waals surface area contributed by atoms with E-state index in [1.165, 1.54) is 24.3 Å². The first-order valence-electron chi connectivity index (χ1n) is 7.34. The van der Waals surface area contributed by atoms with Crippen molar-refractivity contribution in [3.8, 4) is 0 Å². The highest BCUT2D eigenvalue weighted by atomic mass is 19.1. The molecule has 1 aromatic carbocycles. The molecule has 2 amide bonds. The second-order valence-corrected chi connectivity index (χ2v) is 5.66. The van der Waals surface area contributed by atoms with Gasteiger partial charge in [0.15, 0.2) is 0 Å². The van der Waals surface area contributed by atoms with Gasteiger partial charge in [0.05, 0.1) is 12.7 Å². The standard InChI is InChI=1S/C16H21FN4O2/c1-16(23,13-3-5-14(17)6-4-13)11-19-15(22)18-8-7-12-9-20-21(2)10-12/h3-6,9-10,23H,7-8,11H2,1-2H3,(H2,18,19,22). The number of rotatable bonds is 6. The van der Waals surface area contributed by atoms with Gasteiger partial charge in [0.25, 0.3) is 0 Å². The number of carbonyl (C=O) groups excluding carboxylic acids is 1. The van der Waals surface area contributed by atoms with Gasteiger partial charge in [-0.15, -0.1) is 0 Å². The van der Waals surface area contributed by atoms with Crippen molar-refractivity contribution >= 4 is 6.03 Å². The van der Waals surface area contributed by atoms with E-state index < -0.39 is 5.60 Å². The maximum absolute atomic E-state index is 12.9. The molecule has 0 aliphatic heterocycles. The number of aromatic nitrogens is 2. The smallest absolute Gasteiger partial charge is 0.314 e. The number of hydrogen-bond donors (Lipinski definition) is 3. The number of urea groups is 1. The van der Waals surface area contributed by atoms with Crippen molar-refractivity contribution in [1.29, 1.82) is 0 Å². The highest BCUT2D eigenvalue weighted by Crippen LogP contribution is 2.19. The Labute approximate surface area is 134 Å². The van der Waals surface area contributed by atoms with Gasteiger partial charge in [-0.1, -0.05) is 12.1 Å². The minimum Gasteiger partial charge on any atom is -0.384 e. The maximum atomic E-state index is 12.9. The van der Waals surface area contributed by atoms with E-state index in [1.54, 1.807) is 17.8 Å². The van der Waals surface area contributed by atoms with Crippen molar-refractivity contribution in [3.63, 3.8) is 0 Å². The summed E-state index contributed by atoms with van der Waals surface area (Å²) in [7, 11) is 1.83. The molecular formula is C16H21FN4O2. The molecule has 23 heavy (non-hydrogen) atoms. The zero-order valence-electron chi connectivity index (χ0n) is 13.2. The Morgan fingerprint density at radius 3 is 2.65 bits per heavy atom. The fourth-order valence-corrected chi connectivity index (χ4v) is 2.15. The molecule has 0 aliphatic carbocycles. The summed E-state index contributed by atoms with van der Waals surface area (Å²) in [6.07, 6.45) is 4.31. The summed E-state index contributed by atoms with van der Waals surface area (Å²) in [4.78, 5) is 11.8. The second kappa shape index (κ2) is 7.23. The monoisotopic (exact) mass is 320 g/mol. The highest BCUT2D eigenvalue weighted by molar-refractivity contribution is 5.73. The van der Waals surface area contributed by atoms with Gasteiger partial charge in [0.1, 0.15) is 11.4 Å². The zero-order valence-corrected chi connectivity index (χ0v) is 13.2. The minimum atomic E-state index is -1.27. The van der Waals surface area contributed by atoms with Crippen molar-refractivity contribution in [2.75, 3.05) is 13.1 Å². The SMILES string of the molecule is Cn1cc(CCNC(=O)NCC(C)(O)c2ccc(F)cc2)cn1. The summed E-state index contributed by atoms with van der Waals surface area (Å²) < 4.78 is 14.6. The van der Waals surface area contributed by atoms with E-state index in [0.29, 0.717) is 18.5 Å². The van der Waals surface area contributed by atoms with Crippen LogP contribution in [0.5, 0.6) is 0 Å². The van der Waals surface area contributed by atoms with Gasteiger partial charge in [-0.3, -0.25) is 4.68 Å². The van der Waals surface area contributed by atoms with E-state index in [0.717, 1.165) is 5.56 Å². The van der Waals surface area contributed by atoms with Crippen LogP contribution in [0.2, 0.25) is 0 Å². The predicted molar refractivity (Wildman–Crippen MR) is 84.3 cm³/mol. The normalized spacial score (nSPS) is 13.4. The molecule has 124 valence electrons. The molecule has 1 unspecified atom stereocenters. The molecule has 0 saturated heterocycles. The summed E-state index contributed by atoms with van der Waals surface area (Å²) >= 11 is 0. The van der Waals surface area contributed by atoms with Crippen LogP contribution in [-0.2, 0) is 19.1 Å². The Morgan fingerprint density at radius 1 is 1.35 bits per heavy atom. The number of hydrogen-bond acceptors (Lipinski definition) is 3. The Bertz CT molecular complexity index is 652. The van der Waals surface area contributed by atoms with Gasteiger partial charge >= 0.3 is 6.03 Å². The van der Waals surface area contributed by atoms with Crippen LogP contribution < -0.4 is 10.6 Å².